The molecule has 1 heterocycles. The van der Waals surface area contributed by atoms with Gasteiger partial charge in [0, 0.05) is 18.7 Å². The number of nitrogens with one attached hydrogen (secondary N) is 1. The predicted molar refractivity (Wildman–Crippen MR) is 91.0 cm³/mol. The molecular formula is C15H27FN2O6S. The SMILES string of the molecule is CC[C@@H]1O[C@@](OCCCSCCN)(C(=O)O)C[C@H](O)C1NC(=O)CF. The number of carbonyl (C=O) groups is 2. The summed E-state index contributed by atoms with van der Waals surface area (Å²) < 4.78 is 23.5. The van der Waals surface area contributed by atoms with Gasteiger partial charge in [0.25, 0.3) is 11.7 Å². The fourth-order valence-electron chi connectivity index (χ4n) is 2.64. The molecule has 10 heteroatoms. The van der Waals surface area contributed by atoms with Crippen LogP contribution >= 0.6 is 11.8 Å². The number of aliphatic hydroxyl groups is 1. The molecule has 25 heavy (non-hydrogen) atoms. The highest BCUT2D eigenvalue weighted by molar-refractivity contribution is 7.99. The van der Waals surface area contributed by atoms with Gasteiger partial charge in [-0.25, -0.2) is 9.18 Å². The zero-order valence-corrected chi connectivity index (χ0v) is 15.1. The highest BCUT2D eigenvalue weighted by Crippen LogP contribution is 2.32. The van der Waals surface area contributed by atoms with Crippen molar-refractivity contribution in [3.63, 3.8) is 0 Å². The summed E-state index contributed by atoms with van der Waals surface area (Å²) in [6.45, 7) is 1.21. The summed E-state index contributed by atoms with van der Waals surface area (Å²) in [5, 5.41) is 22.2. The Labute approximate surface area is 150 Å². The van der Waals surface area contributed by atoms with Crippen LogP contribution in [0.25, 0.3) is 0 Å². The number of carboxylic acid groups (broad SMARTS) is 1. The van der Waals surface area contributed by atoms with E-state index in [-0.39, 0.29) is 13.0 Å². The van der Waals surface area contributed by atoms with Crippen LogP contribution < -0.4 is 11.1 Å². The first kappa shape index (κ1) is 22.1. The first-order chi connectivity index (χ1) is 11.9. The largest absolute Gasteiger partial charge is 0.477 e. The van der Waals surface area contributed by atoms with Crippen molar-refractivity contribution >= 4 is 23.6 Å². The molecule has 1 aliphatic rings. The van der Waals surface area contributed by atoms with Gasteiger partial charge < -0.3 is 30.7 Å². The first-order valence-corrected chi connectivity index (χ1v) is 9.42. The quantitative estimate of drug-likeness (QED) is 0.364. The predicted octanol–water partition coefficient (Wildman–Crippen LogP) is -0.120. The van der Waals surface area contributed by atoms with Crippen molar-refractivity contribution in [3.8, 4) is 0 Å². The van der Waals surface area contributed by atoms with E-state index in [2.05, 4.69) is 5.32 Å². The molecule has 0 aromatic carbocycles. The van der Waals surface area contributed by atoms with Crippen molar-refractivity contribution in [2.45, 2.75) is 50.2 Å². The van der Waals surface area contributed by atoms with Crippen LogP contribution in [0.1, 0.15) is 26.2 Å². The van der Waals surface area contributed by atoms with Crippen LogP contribution in [0.5, 0.6) is 0 Å². The summed E-state index contributed by atoms with van der Waals surface area (Å²) in [4.78, 5) is 23.0. The Bertz CT molecular complexity index is 444. The molecular weight excluding hydrogens is 355 g/mol. The molecule has 0 aromatic rings. The molecule has 0 bridgehead atoms. The smallest absolute Gasteiger partial charge is 0.364 e. The van der Waals surface area contributed by atoms with Gasteiger partial charge in [0.2, 0.25) is 0 Å². The fourth-order valence-corrected chi connectivity index (χ4v) is 3.34. The fraction of sp³-hybridized carbons (Fsp3) is 0.867. The van der Waals surface area contributed by atoms with Gasteiger partial charge in [0.15, 0.2) is 6.67 Å². The van der Waals surface area contributed by atoms with Crippen molar-refractivity contribution < 1.29 is 33.7 Å². The van der Waals surface area contributed by atoms with Crippen molar-refractivity contribution in [1.29, 1.82) is 0 Å². The van der Waals surface area contributed by atoms with E-state index in [0.29, 0.717) is 19.4 Å². The molecule has 5 N–H and O–H groups in total. The maximum absolute atomic E-state index is 12.4. The lowest BCUT2D eigenvalue weighted by molar-refractivity contribution is -0.295. The lowest BCUT2D eigenvalue weighted by Gasteiger charge is -2.44. The van der Waals surface area contributed by atoms with E-state index in [1.54, 1.807) is 18.7 Å². The van der Waals surface area contributed by atoms with E-state index in [9.17, 15) is 24.2 Å². The second-order valence-electron chi connectivity index (χ2n) is 5.72. The van der Waals surface area contributed by atoms with Crippen molar-refractivity contribution in [2.75, 3.05) is 31.3 Å². The molecule has 1 aliphatic heterocycles. The molecule has 0 saturated carbocycles. The van der Waals surface area contributed by atoms with E-state index in [1.807, 2.05) is 0 Å². The standard InChI is InChI=1S/C15H27FN2O6S/c1-2-11-13(18-12(20)9-16)10(19)8-15(24-11,14(21)22)23-5-3-6-25-7-4-17/h10-11,13,19H,2-9,17H2,1H3,(H,18,20)(H,21,22)/t10-,11-,13?,15+/m0/s1. The first-order valence-electron chi connectivity index (χ1n) is 8.26. The summed E-state index contributed by atoms with van der Waals surface area (Å²) in [5.74, 6) is -2.62. The van der Waals surface area contributed by atoms with Gasteiger partial charge in [0.1, 0.15) is 0 Å². The van der Waals surface area contributed by atoms with Crippen LogP contribution in [0, 0.1) is 0 Å². The van der Waals surface area contributed by atoms with Gasteiger partial charge in [-0.3, -0.25) is 4.79 Å². The number of amides is 1. The highest BCUT2D eigenvalue weighted by atomic mass is 32.2. The number of hydrogen-bond acceptors (Lipinski definition) is 7. The average molecular weight is 382 g/mol. The third kappa shape index (κ3) is 6.37. The molecule has 1 rings (SSSR count). The van der Waals surface area contributed by atoms with Gasteiger partial charge in [-0.2, -0.15) is 11.8 Å². The van der Waals surface area contributed by atoms with Gasteiger partial charge in [0.05, 0.1) is 24.9 Å². The number of carboxylic acids is 1. The minimum Gasteiger partial charge on any atom is -0.477 e. The zero-order chi connectivity index (χ0) is 18.9. The van der Waals surface area contributed by atoms with Crippen molar-refractivity contribution in [2.24, 2.45) is 5.73 Å². The van der Waals surface area contributed by atoms with Crippen LogP contribution in [0.15, 0.2) is 0 Å². The molecule has 0 aromatic heterocycles. The zero-order valence-electron chi connectivity index (χ0n) is 14.3. The van der Waals surface area contributed by atoms with Crippen molar-refractivity contribution in [1.82, 2.24) is 5.32 Å². The summed E-state index contributed by atoms with van der Waals surface area (Å²) in [6, 6.07) is -0.885. The van der Waals surface area contributed by atoms with Crippen LogP contribution in [-0.2, 0) is 19.1 Å². The number of nitrogens with two attached hydrogens (primary N) is 1. The molecule has 1 saturated heterocycles. The minimum absolute atomic E-state index is 0.147. The third-order valence-corrected chi connectivity index (χ3v) is 4.94. The molecule has 0 spiro atoms. The summed E-state index contributed by atoms with van der Waals surface area (Å²) >= 11 is 1.64. The highest BCUT2D eigenvalue weighted by Gasteiger charge is 2.52. The second-order valence-corrected chi connectivity index (χ2v) is 6.95. The molecule has 8 nitrogen and oxygen atoms in total. The van der Waals surface area contributed by atoms with Gasteiger partial charge in [-0.15, -0.1) is 0 Å². The number of ether oxygens (including phenoxy) is 2. The van der Waals surface area contributed by atoms with E-state index in [1.165, 1.54) is 0 Å². The number of carbonyl (C=O) groups excluding carboxylic acids is 1. The molecule has 0 radical (unpaired) electrons. The van der Waals surface area contributed by atoms with Crippen LogP contribution in [0.2, 0.25) is 0 Å². The molecule has 1 amide bonds. The normalized spacial score (nSPS) is 29.4. The van der Waals surface area contributed by atoms with E-state index < -0.39 is 42.6 Å². The molecule has 4 atom stereocenters. The van der Waals surface area contributed by atoms with Crippen LogP contribution in [0.4, 0.5) is 4.39 Å². The van der Waals surface area contributed by atoms with E-state index >= 15 is 0 Å². The summed E-state index contributed by atoms with van der Waals surface area (Å²) in [6.07, 6.45) is -1.46. The number of aliphatic hydroxyl groups excluding tert-OH is 1. The average Bonchev–Trinajstić information content (AvgIpc) is 2.59. The van der Waals surface area contributed by atoms with Crippen molar-refractivity contribution in [3.05, 3.63) is 0 Å². The maximum Gasteiger partial charge on any atom is 0.364 e. The Morgan fingerprint density at radius 3 is 2.76 bits per heavy atom. The van der Waals surface area contributed by atoms with Crippen LogP contribution in [-0.4, -0.2) is 77.5 Å². The number of hydrogen-bond donors (Lipinski definition) is 4. The molecule has 0 aliphatic carbocycles. The Morgan fingerprint density at radius 2 is 2.20 bits per heavy atom. The maximum atomic E-state index is 12.4. The monoisotopic (exact) mass is 382 g/mol. The molecule has 1 fully saturated rings. The number of alkyl halides is 1. The van der Waals surface area contributed by atoms with E-state index in [4.69, 9.17) is 15.2 Å². The third-order valence-electron chi connectivity index (χ3n) is 3.84. The number of thioether (sulfide) groups is 1. The van der Waals surface area contributed by atoms with Crippen LogP contribution in [0.3, 0.4) is 0 Å². The lowest BCUT2D eigenvalue weighted by Crippen LogP contribution is -2.64. The Kier molecular flexibility index (Phi) is 9.65. The Hall–Kier alpha value is -0.940. The van der Waals surface area contributed by atoms with Gasteiger partial charge in [-0.05, 0) is 18.6 Å². The number of aliphatic carboxylic acids is 1. The molecule has 1 unspecified atom stereocenters. The summed E-state index contributed by atoms with van der Waals surface area (Å²) in [7, 11) is 0. The number of rotatable bonds is 11. The van der Waals surface area contributed by atoms with Gasteiger partial charge in [-0.1, -0.05) is 6.92 Å². The summed E-state index contributed by atoms with van der Waals surface area (Å²) in [5.41, 5.74) is 5.39. The second kappa shape index (κ2) is 10.9. The van der Waals surface area contributed by atoms with Gasteiger partial charge >= 0.3 is 5.97 Å². The minimum atomic E-state index is -1.98. The topological polar surface area (TPSA) is 131 Å². The Morgan fingerprint density at radius 1 is 1.48 bits per heavy atom. The lowest BCUT2D eigenvalue weighted by atomic mass is 9.91. The Balaban J connectivity index is 2.71. The van der Waals surface area contributed by atoms with E-state index in [0.717, 1.165) is 11.5 Å². The molecule has 146 valence electrons. The number of halogens is 1.